The Kier molecular flexibility index (Phi) is 4.97. The van der Waals surface area contributed by atoms with Crippen molar-refractivity contribution < 1.29 is 14.3 Å². The molecule has 0 unspecified atom stereocenters. The summed E-state index contributed by atoms with van der Waals surface area (Å²) >= 11 is 0. The maximum absolute atomic E-state index is 12.9. The van der Waals surface area contributed by atoms with Gasteiger partial charge in [-0.25, -0.2) is 0 Å². The van der Waals surface area contributed by atoms with Gasteiger partial charge >= 0.3 is 0 Å². The van der Waals surface area contributed by atoms with Crippen molar-refractivity contribution in [3.8, 4) is 0 Å². The molecule has 2 bridgehead atoms. The minimum absolute atomic E-state index is 0.0375. The van der Waals surface area contributed by atoms with E-state index in [-0.39, 0.29) is 22.8 Å². The average Bonchev–Trinajstić information content (AvgIpc) is 2.55. The maximum atomic E-state index is 12.9. The van der Waals surface area contributed by atoms with Crippen LogP contribution in [0.5, 0.6) is 0 Å². The Morgan fingerprint density at radius 3 is 2.45 bits per heavy atom. The van der Waals surface area contributed by atoms with E-state index in [1.165, 1.54) is 0 Å². The highest BCUT2D eigenvalue weighted by molar-refractivity contribution is 6.74. The summed E-state index contributed by atoms with van der Waals surface area (Å²) in [5.74, 6) is 0.546. The Bertz CT molecular complexity index is 427. The number of ketones is 1. The fourth-order valence-corrected chi connectivity index (χ4v) is 5.11. The lowest BCUT2D eigenvalue weighted by atomic mass is 9.84. The molecule has 0 spiro atoms. The number of hydrogen-bond acceptors (Lipinski definition) is 3. The van der Waals surface area contributed by atoms with E-state index in [2.05, 4.69) is 40.8 Å². The average molecular weight is 327 g/mol. The van der Waals surface area contributed by atoms with Gasteiger partial charge in [0.1, 0.15) is 5.60 Å². The second-order valence-corrected chi connectivity index (χ2v) is 13.9. The summed E-state index contributed by atoms with van der Waals surface area (Å²) in [5, 5.41) is 11.4. The van der Waals surface area contributed by atoms with E-state index in [4.69, 9.17) is 4.43 Å². The Morgan fingerprint density at radius 1 is 1.23 bits per heavy atom. The van der Waals surface area contributed by atoms with Crippen LogP contribution in [0.4, 0.5) is 0 Å². The zero-order valence-electron chi connectivity index (χ0n) is 15.2. The molecule has 0 heterocycles. The molecule has 2 aliphatic rings. The highest BCUT2D eigenvalue weighted by atomic mass is 28.4. The number of fused-ring (bicyclic) bond motifs is 2. The van der Waals surface area contributed by atoms with Gasteiger partial charge in [0.05, 0.1) is 6.10 Å². The van der Waals surface area contributed by atoms with Crippen molar-refractivity contribution in [2.75, 3.05) is 0 Å². The third kappa shape index (κ3) is 3.34. The molecule has 1 N–H and O–H groups in total. The molecule has 0 aromatic carbocycles. The Morgan fingerprint density at radius 2 is 1.86 bits per heavy atom. The third-order valence-corrected chi connectivity index (χ3v) is 10.7. The van der Waals surface area contributed by atoms with Gasteiger partial charge < -0.3 is 9.53 Å². The van der Waals surface area contributed by atoms with Gasteiger partial charge in [-0.2, -0.15) is 0 Å². The largest absolute Gasteiger partial charge is 0.411 e. The van der Waals surface area contributed by atoms with Gasteiger partial charge in [-0.3, -0.25) is 4.79 Å². The molecular weight excluding hydrogens is 292 g/mol. The van der Waals surface area contributed by atoms with Crippen molar-refractivity contribution in [1.82, 2.24) is 0 Å². The number of rotatable bonds is 2. The quantitative estimate of drug-likeness (QED) is 0.770. The smallest absolute Gasteiger partial charge is 0.192 e. The molecule has 128 valence electrons. The summed E-state index contributed by atoms with van der Waals surface area (Å²) < 4.78 is 6.58. The molecule has 4 atom stereocenters. The van der Waals surface area contributed by atoms with E-state index >= 15 is 0 Å². The van der Waals surface area contributed by atoms with Crippen molar-refractivity contribution in [3.05, 3.63) is 0 Å². The summed E-state index contributed by atoms with van der Waals surface area (Å²) in [6.45, 7) is 13.3. The normalized spacial score (nSPS) is 37.6. The summed E-state index contributed by atoms with van der Waals surface area (Å²) in [6, 6.07) is 0. The fourth-order valence-electron chi connectivity index (χ4n) is 3.76. The molecule has 4 heteroatoms. The van der Waals surface area contributed by atoms with Crippen LogP contribution < -0.4 is 0 Å². The zero-order valence-corrected chi connectivity index (χ0v) is 16.2. The van der Waals surface area contributed by atoms with Gasteiger partial charge in [0.2, 0.25) is 0 Å². The van der Waals surface area contributed by atoms with Crippen LogP contribution in [0.25, 0.3) is 0 Å². The molecule has 3 nitrogen and oxygen atoms in total. The molecule has 0 amide bonds. The van der Waals surface area contributed by atoms with Gasteiger partial charge in [-0.05, 0) is 56.2 Å². The molecule has 22 heavy (non-hydrogen) atoms. The van der Waals surface area contributed by atoms with Crippen molar-refractivity contribution in [1.29, 1.82) is 0 Å². The summed E-state index contributed by atoms with van der Waals surface area (Å²) in [5.41, 5.74) is -1.25. The number of carbonyl (C=O) groups excluding carboxylic acids is 1. The SMILES string of the molecule is C[C@@H]1C[C@H]2CCCC[C@](O)(C2=O)[C@H](O[Si](C)(C)C(C)(C)C)C1. The summed E-state index contributed by atoms with van der Waals surface area (Å²) in [7, 11) is -2.01. The first-order valence-electron chi connectivity index (χ1n) is 8.92. The molecule has 0 saturated heterocycles. The van der Waals surface area contributed by atoms with Crippen molar-refractivity contribution in [2.24, 2.45) is 11.8 Å². The van der Waals surface area contributed by atoms with Crippen LogP contribution in [-0.4, -0.2) is 30.9 Å². The standard InChI is InChI=1S/C18H34O3Si/c1-13-11-14-9-7-8-10-18(20,16(14)19)15(12-13)21-22(5,6)17(2,3)4/h13-15,20H,7-12H2,1-6H3/t13-,14-,15-,18-/m1/s1. The van der Waals surface area contributed by atoms with E-state index in [9.17, 15) is 9.90 Å². The van der Waals surface area contributed by atoms with Gasteiger partial charge in [-0.1, -0.05) is 34.1 Å². The molecule has 2 fully saturated rings. The van der Waals surface area contributed by atoms with Crippen molar-refractivity contribution in [3.63, 3.8) is 0 Å². The fraction of sp³-hybridized carbons (Fsp3) is 0.944. The predicted octanol–water partition coefficient (Wildman–Crippen LogP) is 4.30. The second kappa shape index (κ2) is 6.03. The summed E-state index contributed by atoms with van der Waals surface area (Å²) in [4.78, 5) is 12.9. The highest BCUT2D eigenvalue weighted by Gasteiger charge is 2.53. The Labute approximate surface area is 137 Å². The molecule has 0 aromatic heterocycles. The first kappa shape index (κ1) is 18.1. The first-order valence-corrected chi connectivity index (χ1v) is 11.8. The first-order chi connectivity index (χ1) is 9.97. The molecule has 2 aliphatic carbocycles. The lowest BCUT2D eigenvalue weighted by Crippen LogP contribution is -2.56. The zero-order chi connectivity index (χ0) is 16.8. The van der Waals surface area contributed by atoms with Crippen LogP contribution in [0, 0.1) is 11.8 Å². The van der Waals surface area contributed by atoms with Crippen molar-refractivity contribution >= 4 is 14.1 Å². The Hall–Kier alpha value is -0.193. The lowest BCUT2D eigenvalue weighted by molar-refractivity contribution is -0.152. The topological polar surface area (TPSA) is 46.5 Å². The third-order valence-electron chi connectivity index (χ3n) is 6.24. The molecule has 2 rings (SSSR count). The lowest BCUT2D eigenvalue weighted by Gasteiger charge is -2.44. The highest BCUT2D eigenvalue weighted by Crippen LogP contribution is 2.45. The van der Waals surface area contributed by atoms with E-state index < -0.39 is 13.9 Å². The van der Waals surface area contributed by atoms with Gasteiger partial charge in [-0.15, -0.1) is 0 Å². The number of hydrogen-bond donors (Lipinski definition) is 1. The number of aliphatic hydroxyl groups is 1. The van der Waals surface area contributed by atoms with Crippen molar-refractivity contribution in [2.45, 2.75) is 96.1 Å². The van der Waals surface area contributed by atoms with E-state index in [1.807, 2.05) is 0 Å². The van der Waals surface area contributed by atoms with E-state index in [0.717, 1.165) is 32.1 Å². The maximum Gasteiger partial charge on any atom is 0.192 e. The number of Topliss-reactive ketones (excluding diaryl/α,β-unsaturated/α-hetero) is 1. The van der Waals surface area contributed by atoms with Gasteiger partial charge in [0.15, 0.2) is 14.1 Å². The predicted molar refractivity (Wildman–Crippen MR) is 92.4 cm³/mol. The van der Waals surface area contributed by atoms with Crippen LogP contribution in [0.1, 0.15) is 66.2 Å². The molecule has 0 aliphatic heterocycles. The molecule has 0 aromatic rings. The van der Waals surface area contributed by atoms with Crippen LogP contribution >= 0.6 is 0 Å². The second-order valence-electron chi connectivity index (χ2n) is 9.17. The van der Waals surface area contributed by atoms with Gasteiger partial charge in [0, 0.05) is 5.92 Å². The van der Waals surface area contributed by atoms with Crippen LogP contribution in [0.15, 0.2) is 0 Å². The summed E-state index contributed by atoms with van der Waals surface area (Å²) in [6.07, 6.45) is 4.91. The Balaban J connectivity index is 2.33. The van der Waals surface area contributed by atoms with E-state index in [0.29, 0.717) is 12.3 Å². The van der Waals surface area contributed by atoms with Gasteiger partial charge in [0.25, 0.3) is 0 Å². The monoisotopic (exact) mass is 326 g/mol. The van der Waals surface area contributed by atoms with E-state index in [1.54, 1.807) is 0 Å². The minimum Gasteiger partial charge on any atom is -0.411 e. The molecule has 2 saturated carbocycles. The number of carbonyl (C=O) groups is 1. The van der Waals surface area contributed by atoms with Crippen LogP contribution in [-0.2, 0) is 9.22 Å². The van der Waals surface area contributed by atoms with Crippen LogP contribution in [0.3, 0.4) is 0 Å². The van der Waals surface area contributed by atoms with Crippen LogP contribution in [0.2, 0.25) is 18.1 Å². The minimum atomic E-state index is -2.01. The molecular formula is C18H34O3Si. The molecule has 0 radical (unpaired) electrons.